The first kappa shape index (κ1) is 11.8. The van der Waals surface area contributed by atoms with Crippen LogP contribution in [0.3, 0.4) is 0 Å². The summed E-state index contributed by atoms with van der Waals surface area (Å²) in [6.45, 7) is 3.71. The maximum Gasteiger partial charge on any atom is 0.129 e. The van der Waals surface area contributed by atoms with Crippen molar-refractivity contribution in [1.82, 2.24) is 4.98 Å². The van der Waals surface area contributed by atoms with Gasteiger partial charge in [-0.1, -0.05) is 6.92 Å². The van der Waals surface area contributed by atoms with Gasteiger partial charge in [0.25, 0.3) is 0 Å². The van der Waals surface area contributed by atoms with Gasteiger partial charge < -0.3 is 15.2 Å². The van der Waals surface area contributed by atoms with E-state index in [1.807, 2.05) is 12.1 Å². The van der Waals surface area contributed by atoms with Gasteiger partial charge in [0.05, 0.1) is 6.61 Å². The maximum atomic E-state index is 8.61. The summed E-state index contributed by atoms with van der Waals surface area (Å²) in [4.78, 5) is 4.16. The molecular formula is C11H18N2O2. The molecule has 0 radical (unpaired) electrons. The number of ether oxygens (including phenoxy) is 1. The Kier molecular flexibility index (Phi) is 5.55. The fourth-order valence-electron chi connectivity index (χ4n) is 1.11. The van der Waals surface area contributed by atoms with Crippen LogP contribution in [0.15, 0.2) is 18.3 Å². The number of nitrogens with one attached hydrogen (secondary N) is 1. The molecule has 0 aromatic carbocycles. The summed E-state index contributed by atoms with van der Waals surface area (Å²) in [6, 6.07) is 3.68. The first-order valence-electron chi connectivity index (χ1n) is 5.30. The summed E-state index contributed by atoms with van der Waals surface area (Å²) in [6.07, 6.45) is 3.43. The fraction of sp³-hybridized carbons (Fsp3) is 0.545. The van der Waals surface area contributed by atoms with Crippen molar-refractivity contribution in [2.24, 2.45) is 0 Å². The average Bonchev–Trinajstić information content (AvgIpc) is 2.27. The van der Waals surface area contributed by atoms with Gasteiger partial charge in [-0.25, -0.2) is 4.98 Å². The van der Waals surface area contributed by atoms with E-state index in [0.29, 0.717) is 13.0 Å². The van der Waals surface area contributed by atoms with Crippen molar-refractivity contribution in [3.63, 3.8) is 0 Å². The monoisotopic (exact) mass is 210 g/mol. The van der Waals surface area contributed by atoms with E-state index in [9.17, 15) is 0 Å². The third-order valence-corrected chi connectivity index (χ3v) is 1.86. The summed E-state index contributed by atoms with van der Waals surface area (Å²) in [7, 11) is 0. The molecule has 0 aliphatic rings. The number of hydrogen-bond donors (Lipinski definition) is 2. The van der Waals surface area contributed by atoms with E-state index in [0.717, 1.165) is 24.5 Å². The van der Waals surface area contributed by atoms with Crippen molar-refractivity contribution in [2.45, 2.75) is 19.8 Å². The highest BCUT2D eigenvalue weighted by Gasteiger charge is 1.96. The first-order valence-corrected chi connectivity index (χ1v) is 5.30. The molecule has 2 N–H and O–H groups in total. The third-order valence-electron chi connectivity index (χ3n) is 1.86. The molecule has 0 spiro atoms. The lowest BCUT2D eigenvalue weighted by Gasteiger charge is -2.07. The van der Waals surface area contributed by atoms with E-state index < -0.39 is 0 Å². The van der Waals surface area contributed by atoms with Crippen LogP contribution in [0.1, 0.15) is 19.8 Å². The van der Waals surface area contributed by atoms with Gasteiger partial charge >= 0.3 is 0 Å². The second-order valence-electron chi connectivity index (χ2n) is 3.23. The molecule has 84 valence electrons. The van der Waals surface area contributed by atoms with Gasteiger partial charge in [-0.15, -0.1) is 0 Å². The molecule has 1 rings (SSSR count). The number of anilines is 1. The standard InChI is InChI=1S/C11H18N2O2/c1-2-5-12-11-9-10(4-6-13-11)15-8-3-7-14/h4,6,9,14H,2-3,5,7-8H2,1H3,(H,12,13). The second-order valence-corrected chi connectivity index (χ2v) is 3.23. The molecule has 0 saturated heterocycles. The maximum absolute atomic E-state index is 8.61. The molecule has 0 aliphatic heterocycles. The van der Waals surface area contributed by atoms with Crippen molar-refractivity contribution in [3.8, 4) is 5.75 Å². The van der Waals surface area contributed by atoms with Crippen LogP contribution in [0.4, 0.5) is 5.82 Å². The Morgan fingerprint density at radius 3 is 3.13 bits per heavy atom. The number of aliphatic hydroxyl groups is 1. The predicted octanol–water partition coefficient (Wildman–Crippen LogP) is 1.66. The van der Waals surface area contributed by atoms with Crippen LogP contribution < -0.4 is 10.1 Å². The molecule has 15 heavy (non-hydrogen) atoms. The van der Waals surface area contributed by atoms with E-state index in [1.165, 1.54) is 0 Å². The van der Waals surface area contributed by atoms with Gasteiger partial charge in [0.2, 0.25) is 0 Å². The Labute approximate surface area is 90.3 Å². The van der Waals surface area contributed by atoms with Gasteiger partial charge in [-0.3, -0.25) is 0 Å². The van der Waals surface area contributed by atoms with Crippen molar-refractivity contribution in [2.75, 3.05) is 25.1 Å². The van der Waals surface area contributed by atoms with E-state index in [4.69, 9.17) is 9.84 Å². The summed E-state index contributed by atoms with van der Waals surface area (Å²) in [5.74, 6) is 1.62. The molecule has 1 aromatic rings. The summed E-state index contributed by atoms with van der Waals surface area (Å²) < 4.78 is 5.43. The van der Waals surface area contributed by atoms with E-state index in [1.54, 1.807) is 6.20 Å². The van der Waals surface area contributed by atoms with Gasteiger partial charge in [0.1, 0.15) is 11.6 Å². The summed E-state index contributed by atoms with van der Waals surface area (Å²) in [5, 5.41) is 11.8. The van der Waals surface area contributed by atoms with Gasteiger partial charge in [-0.2, -0.15) is 0 Å². The highest BCUT2D eigenvalue weighted by molar-refractivity contribution is 5.40. The molecule has 4 heteroatoms. The van der Waals surface area contributed by atoms with Gasteiger partial charge in [-0.05, 0) is 12.5 Å². The normalized spacial score (nSPS) is 10.0. The van der Waals surface area contributed by atoms with Crippen LogP contribution in [-0.2, 0) is 0 Å². The Balaban J connectivity index is 2.42. The van der Waals surface area contributed by atoms with Gasteiger partial charge in [0, 0.05) is 31.8 Å². The molecule has 0 atom stereocenters. The lowest BCUT2D eigenvalue weighted by Crippen LogP contribution is -2.03. The molecule has 1 heterocycles. The smallest absolute Gasteiger partial charge is 0.129 e. The molecule has 0 fully saturated rings. The van der Waals surface area contributed by atoms with Crippen LogP contribution in [0.5, 0.6) is 5.75 Å². The minimum atomic E-state index is 0.159. The molecule has 0 unspecified atom stereocenters. The Bertz CT molecular complexity index is 279. The lowest BCUT2D eigenvalue weighted by atomic mass is 10.4. The average molecular weight is 210 g/mol. The van der Waals surface area contributed by atoms with E-state index >= 15 is 0 Å². The zero-order valence-electron chi connectivity index (χ0n) is 9.07. The predicted molar refractivity (Wildman–Crippen MR) is 60.2 cm³/mol. The molecule has 4 nitrogen and oxygen atoms in total. The Morgan fingerprint density at radius 2 is 2.40 bits per heavy atom. The highest BCUT2D eigenvalue weighted by atomic mass is 16.5. The zero-order valence-corrected chi connectivity index (χ0v) is 9.07. The molecule has 0 saturated carbocycles. The van der Waals surface area contributed by atoms with E-state index in [2.05, 4.69) is 17.2 Å². The van der Waals surface area contributed by atoms with E-state index in [-0.39, 0.29) is 6.61 Å². The van der Waals surface area contributed by atoms with Crippen LogP contribution in [0.25, 0.3) is 0 Å². The highest BCUT2D eigenvalue weighted by Crippen LogP contribution is 2.14. The number of nitrogens with zero attached hydrogens (tertiary/aromatic N) is 1. The molecular weight excluding hydrogens is 192 g/mol. The number of pyridine rings is 1. The topological polar surface area (TPSA) is 54.4 Å². The molecule has 1 aromatic heterocycles. The third kappa shape index (κ3) is 4.65. The van der Waals surface area contributed by atoms with Crippen LogP contribution in [0.2, 0.25) is 0 Å². The minimum Gasteiger partial charge on any atom is -0.493 e. The number of aliphatic hydroxyl groups excluding tert-OH is 1. The van der Waals surface area contributed by atoms with Gasteiger partial charge in [0.15, 0.2) is 0 Å². The molecule has 0 bridgehead atoms. The number of hydrogen-bond acceptors (Lipinski definition) is 4. The van der Waals surface area contributed by atoms with Crippen molar-refractivity contribution < 1.29 is 9.84 Å². The minimum absolute atomic E-state index is 0.159. The quantitative estimate of drug-likeness (QED) is 0.672. The lowest BCUT2D eigenvalue weighted by molar-refractivity contribution is 0.233. The van der Waals surface area contributed by atoms with Crippen LogP contribution >= 0.6 is 0 Å². The largest absolute Gasteiger partial charge is 0.493 e. The first-order chi connectivity index (χ1) is 7.36. The SMILES string of the molecule is CCCNc1cc(OCCCO)ccn1. The Hall–Kier alpha value is -1.29. The number of rotatable bonds is 7. The summed E-state index contributed by atoms with van der Waals surface area (Å²) in [5.41, 5.74) is 0. The van der Waals surface area contributed by atoms with Crippen LogP contribution in [0, 0.1) is 0 Å². The Morgan fingerprint density at radius 1 is 1.53 bits per heavy atom. The van der Waals surface area contributed by atoms with Crippen molar-refractivity contribution in [1.29, 1.82) is 0 Å². The molecule has 0 amide bonds. The second kappa shape index (κ2) is 7.06. The summed E-state index contributed by atoms with van der Waals surface area (Å²) >= 11 is 0. The molecule has 0 aliphatic carbocycles. The zero-order chi connectivity index (χ0) is 10.9. The van der Waals surface area contributed by atoms with Crippen molar-refractivity contribution in [3.05, 3.63) is 18.3 Å². The number of aromatic nitrogens is 1. The van der Waals surface area contributed by atoms with Crippen LogP contribution in [-0.4, -0.2) is 29.8 Å². The fourth-order valence-corrected chi connectivity index (χ4v) is 1.11. The van der Waals surface area contributed by atoms with Crippen molar-refractivity contribution >= 4 is 5.82 Å².